The molecule has 0 spiro atoms. The first-order valence-corrected chi connectivity index (χ1v) is 7.82. The maximum Gasteiger partial charge on any atom is 0.270 e. The molecule has 2 aromatic rings. The second-order valence-corrected chi connectivity index (χ2v) is 5.63. The Balaban J connectivity index is 2.13. The van der Waals surface area contributed by atoms with E-state index >= 15 is 0 Å². The third-order valence-corrected chi connectivity index (χ3v) is 3.59. The molecule has 0 aromatic heterocycles. The van der Waals surface area contributed by atoms with Crippen molar-refractivity contribution in [2.24, 2.45) is 4.99 Å². The van der Waals surface area contributed by atoms with Gasteiger partial charge in [0.05, 0.1) is 18.6 Å². The van der Waals surface area contributed by atoms with Gasteiger partial charge in [-0.2, -0.15) is 0 Å². The molecule has 0 radical (unpaired) electrons. The Kier molecular flexibility index (Phi) is 6.33. The van der Waals surface area contributed by atoms with Gasteiger partial charge < -0.3 is 15.0 Å². The third-order valence-electron chi connectivity index (χ3n) is 3.59. The zero-order chi connectivity index (χ0) is 18.2. The maximum atomic E-state index is 11.0. The molecule has 1 N–H and O–H groups in total. The van der Waals surface area contributed by atoms with Crippen molar-refractivity contribution in [3.63, 3.8) is 0 Å². The molecule has 132 valence electrons. The Morgan fingerprint density at radius 3 is 2.56 bits per heavy atom. The molecular weight excluding hydrogens is 320 g/mol. The SMILES string of the molecule is COc1ccc([N+](=O)[O-])cc1CNC(=NCc1ccccc1)N(C)C. The van der Waals surface area contributed by atoms with Crippen molar-refractivity contribution in [3.8, 4) is 5.75 Å². The van der Waals surface area contributed by atoms with Crippen molar-refractivity contribution in [3.05, 3.63) is 69.8 Å². The van der Waals surface area contributed by atoms with Crippen molar-refractivity contribution >= 4 is 11.6 Å². The van der Waals surface area contributed by atoms with E-state index in [1.807, 2.05) is 49.3 Å². The standard InChI is InChI=1S/C18H22N4O3/c1-21(2)18(19-12-14-7-5-4-6-8-14)20-13-15-11-16(22(23)24)9-10-17(15)25-3/h4-11H,12-13H2,1-3H3,(H,19,20). The highest BCUT2D eigenvalue weighted by Gasteiger charge is 2.12. The van der Waals surface area contributed by atoms with E-state index in [0.717, 1.165) is 5.56 Å². The third kappa shape index (κ3) is 5.20. The minimum Gasteiger partial charge on any atom is -0.496 e. The van der Waals surface area contributed by atoms with Crippen LogP contribution in [0.3, 0.4) is 0 Å². The quantitative estimate of drug-likeness (QED) is 0.378. The molecule has 0 aliphatic heterocycles. The zero-order valence-electron chi connectivity index (χ0n) is 14.6. The number of nitrogens with one attached hydrogen (secondary N) is 1. The number of nitrogens with zero attached hydrogens (tertiary/aromatic N) is 3. The number of benzene rings is 2. The number of ether oxygens (including phenoxy) is 1. The molecule has 7 nitrogen and oxygen atoms in total. The molecular formula is C18H22N4O3. The van der Waals surface area contributed by atoms with Gasteiger partial charge >= 0.3 is 0 Å². The van der Waals surface area contributed by atoms with Crippen LogP contribution in [0.15, 0.2) is 53.5 Å². The van der Waals surface area contributed by atoms with Gasteiger partial charge in [0, 0.05) is 38.3 Å². The Morgan fingerprint density at radius 2 is 1.96 bits per heavy atom. The molecule has 25 heavy (non-hydrogen) atoms. The zero-order valence-corrected chi connectivity index (χ0v) is 14.6. The van der Waals surface area contributed by atoms with Crippen molar-refractivity contribution in [1.82, 2.24) is 10.2 Å². The number of nitro benzene ring substituents is 1. The summed E-state index contributed by atoms with van der Waals surface area (Å²) in [5.74, 6) is 1.29. The molecule has 7 heteroatoms. The second-order valence-electron chi connectivity index (χ2n) is 5.63. The Bertz CT molecular complexity index is 745. The summed E-state index contributed by atoms with van der Waals surface area (Å²) in [5.41, 5.74) is 1.84. The summed E-state index contributed by atoms with van der Waals surface area (Å²) < 4.78 is 5.29. The molecule has 0 saturated carbocycles. The summed E-state index contributed by atoms with van der Waals surface area (Å²) in [7, 11) is 5.32. The van der Waals surface area contributed by atoms with E-state index in [4.69, 9.17) is 4.74 Å². The lowest BCUT2D eigenvalue weighted by molar-refractivity contribution is -0.384. The number of aliphatic imine (C=N–C) groups is 1. The van der Waals surface area contributed by atoms with Crippen LogP contribution in [0.5, 0.6) is 5.75 Å². The molecule has 2 rings (SSSR count). The van der Waals surface area contributed by atoms with E-state index in [0.29, 0.717) is 30.4 Å². The first-order valence-electron chi connectivity index (χ1n) is 7.82. The van der Waals surface area contributed by atoms with Gasteiger partial charge in [0.25, 0.3) is 5.69 Å². The van der Waals surface area contributed by atoms with Crippen LogP contribution >= 0.6 is 0 Å². The second kappa shape index (κ2) is 8.68. The molecule has 0 aliphatic carbocycles. The normalized spacial score (nSPS) is 11.1. The van der Waals surface area contributed by atoms with E-state index in [9.17, 15) is 10.1 Å². The number of hydrogen-bond donors (Lipinski definition) is 1. The summed E-state index contributed by atoms with van der Waals surface area (Å²) in [6.07, 6.45) is 0. The van der Waals surface area contributed by atoms with Crippen LogP contribution in [0, 0.1) is 10.1 Å². The number of hydrogen-bond acceptors (Lipinski definition) is 4. The number of nitro groups is 1. The van der Waals surface area contributed by atoms with Gasteiger partial charge in [-0.1, -0.05) is 30.3 Å². The van der Waals surface area contributed by atoms with Gasteiger partial charge in [-0.05, 0) is 11.6 Å². The lowest BCUT2D eigenvalue weighted by Gasteiger charge is -2.18. The minimum absolute atomic E-state index is 0.0326. The Labute approximate surface area is 147 Å². The first kappa shape index (κ1) is 18.3. The molecule has 0 saturated heterocycles. The van der Waals surface area contributed by atoms with E-state index in [-0.39, 0.29) is 5.69 Å². The van der Waals surface area contributed by atoms with Gasteiger partial charge in [-0.3, -0.25) is 10.1 Å². The summed E-state index contributed by atoms with van der Waals surface area (Å²) in [6, 6.07) is 14.5. The minimum atomic E-state index is -0.417. The number of rotatable bonds is 6. The number of guanidine groups is 1. The highest BCUT2D eigenvalue weighted by atomic mass is 16.6. The molecule has 0 fully saturated rings. The predicted molar refractivity (Wildman–Crippen MR) is 97.8 cm³/mol. The average Bonchev–Trinajstić information content (AvgIpc) is 2.62. The molecule has 0 heterocycles. The molecule has 2 aromatic carbocycles. The van der Waals surface area contributed by atoms with Crippen molar-refractivity contribution in [2.45, 2.75) is 13.1 Å². The van der Waals surface area contributed by atoms with E-state index < -0.39 is 4.92 Å². The Morgan fingerprint density at radius 1 is 1.24 bits per heavy atom. The summed E-state index contributed by atoms with van der Waals surface area (Å²) in [6.45, 7) is 0.921. The Hall–Kier alpha value is -3.09. The van der Waals surface area contributed by atoms with Crippen LogP contribution < -0.4 is 10.1 Å². The molecule has 0 unspecified atom stereocenters. The molecule has 0 bridgehead atoms. The van der Waals surface area contributed by atoms with Crippen LogP contribution in [0.25, 0.3) is 0 Å². The first-order chi connectivity index (χ1) is 12.0. The topological polar surface area (TPSA) is 80.0 Å². The number of non-ortho nitro benzene ring substituents is 1. The van der Waals surface area contributed by atoms with Crippen LogP contribution in [0.2, 0.25) is 0 Å². The lowest BCUT2D eigenvalue weighted by atomic mass is 10.1. The average molecular weight is 342 g/mol. The highest BCUT2D eigenvalue weighted by Crippen LogP contribution is 2.23. The van der Waals surface area contributed by atoms with Crippen LogP contribution in [-0.2, 0) is 13.1 Å². The van der Waals surface area contributed by atoms with Gasteiger partial charge in [-0.25, -0.2) is 4.99 Å². The summed E-state index contributed by atoms with van der Waals surface area (Å²) in [5, 5.41) is 14.2. The highest BCUT2D eigenvalue weighted by molar-refractivity contribution is 5.79. The smallest absolute Gasteiger partial charge is 0.270 e. The predicted octanol–water partition coefficient (Wildman–Crippen LogP) is 2.81. The van der Waals surface area contributed by atoms with Crippen molar-refractivity contribution in [1.29, 1.82) is 0 Å². The van der Waals surface area contributed by atoms with Gasteiger partial charge in [0.2, 0.25) is 0 Å². The maximum absolute atomic E-state index is 11.0. The fourth-order valence-electron chi connectivity index (χ4n) is 2.30. The van der Waals surface area contributed by atoms with Gasteiger partial charge in [0.15, 0.2) is 5.96 Å². The molecule has 0 atom stereocenters. The van der Waals surface area contributed by atoms with E-state index in [2.05, 4.69) is 10.3 Å². The molecule has 0 amide bonds. The summed E-state index contributed by atoms with van der Waals surface area (Å²) >= 11 is 0. The van der Waals surface area contributed by atoms with Crippen LogP contribution in [0.4, 0.5) is 5.69 Å². The fraction of sp³-hybridized carbons (Fsp3) is 0.278. The van der Waals surface area contributed by atoms with Gasteiger partial charge in [0.1, 0.15) is 5.75 Å². The lowest BCUT2D eigenvalue weighted by Crippen LogP contribution is -2.36. The van der Waals surface area contributed by atoms with Crippen molar-refractivity contribution in [2.75, 3.05) is 21.2 Å². The summed E-state index contributed by atoms with van der Waals surface area (Å²) in [4.78, 5) is 17.0. The number of methoxy groups -OCH3 is 1. The van der Waals surface area contributed by atoms with E-state index in [1.54, 1.807) is 13.2 Å². The van der Waals surface area contributed by atoms with E-state index in [1.165, 1.54) is 12.1 Å². The van der Waals surface area contributed by atoms with Crippen LogP contribution in [0.1, 0.15) is 11.1 Å². The largest absolute Gasteiger partial charge is 0.496 e. The van der Waals surface area contributed by atoms with Gasteiger partial charge in [-0.15, -0.1) is 0 Å². The molecule has 0 aliphatic rings. The van der Waals surface area contributed by atoms with Crippen molar-refractivity contribution < 1.29 is 9.66 Å². The monoisotopic (exact) mass is 342 g/mol. The fourth-order valence-corrected chi connectivity index (χ4v) is 2.30. The van der Waals surface area contributed by atoms with Crippen LogP contribution in [-0.4, -0.2) is 37.0 Å².